The van der Waals surface area contributed by atoms with E-state index in [4.69, 9.17) is 0 Å². The summed E-state index contributed by atoms with van der Waals surface area (Å²) < 4.78 is 2.11. The van der Waals surface area contributed by atoms with Crippen LogP contribution >= 0.6 is 0 Å². The molecule has 0 amide bonds. The first-order valence-electron chi connectivity index (χ1n) is 7.84. The Morgan fingerprint density at radius 3 is 2.71 bits per heavy atom. The van der Waals surface area contributed by atoms with Gasteiger partial charge in [0.2, 0.25) is 0 Å². The topological polar surface area (TPSA) is 55.6 Å². The minimum absolute atomic E-state index is 0.257. The third-order valence-corrected chi connectivity index (χ3v) is 3.64. The number of nitrogens with zero attached hydrogens (tertiary/aromatic N) is 4. The second-order valence-corrected chi connectivity index (χ2v) is 5.18. The highest BCUT2D eigenvalue weighted by Crippen LogP contribution is 2.18. The molecule has 2 rings (SSSR count). The number of hydrogen-bond donors (Lipinski definition) is 1. The highest BCUT2D eigenvalue weighted by Gasteiger charge is 2.15. The zero-order valence-electron chi connectivity index (χ0n) is 13.2. The van der Waals surface area contributed by atoms with E-state index in [2.05, 4.69) is 52.1 Å². The molecule has 1 atom stereocenters. The van der Waals surface area contributed by atoms with Gasteiger partial charge < -0.3 is 5.32 Å². The molecule has 114 valence electrons. The van der Waals surface area contributed by atoms with Crippen molar-refractivity contribution in [3.8, 4) is 0 Å². The Morgan fingerprint density at radius 2 is 2.10 bits per heavy atom. The predicted molar refractivity (Wildman–Crippen MR) is 84.0 cm³/mol. The summed E-state index contributed by atoms with van der Waals surface area (Å²) in [5, 5.41) is 16.1. The van der Waals surface area contributed by atoms with E-state index in [1.54, 1.807) is 6.20 Å². The third kappa shape index (κ3) is 4.11. The molecule has 0 spiro atoms. The van der Waals surface area contributed by atoms with Gasteiger partial charge in [-0.15, -0.1) is 0 Å². The first kappa shape index (κ1) is 15.6. The molecule has 0 fully saturated rings. The Kier molecular flexibility index (Phi) is 5.87. The lowest BCUT2D eigenvalue weighted by Crippen LogP contribution is -2.25. The van der Waals surface area contributed by atoms with Crippen molar-refractivity contribution < 1.29 is 0 Å². The van der Waals surface area contributed by atoms with E-state index in [9.17, 15) is 0 Å². The smallest absolute Gasteiger partial charge is 0.0624 e. The van der Waals surface area contributed by atoms with Gasteiger partial charge in [0.05, 0.1) is 11.9 Å². The van der Waals surface area contributed by atoms with Gasteiger partial charge in [-0.1, -0.05) is 13.8 Å². The molecule has 21 heavy (non-hydrogen) atoms. The standard InChI is InChI=1S/C16H25N5/c1-4-8-17-16(13-7-9-18-19-12-13)11-15-10-14(5-2)20-21(15)6-3/h7,9-10,12,16-17H,4-6,8,11H2,1-3H3. The van der Waals surface area contributed by atoms with Gasteiger partial charge >= 0.3 is 0 Å². The first-order chi connectivity index (χ1) is 10.3. The van der Waals surface area contributed by atoms with E-state index in [1.165, 1.54) is 11.3 Å². The lowest BCUT2D eigenvalue weighted by atomic mass is 10.0. The predicted octanol–water partition coefficient (Wildman–Crippen LogP) is 2.54. The summed E-state index contributed by atoms with van der Waals surface area (Å²) in [4.78, 5) is 0. The Hall–Kier alpha value is -1.75. The SMILES string of the molecule is CCCNC(Cc1cc(CC)nn1CC)c1ccnnc1. The van der Waals surface area contributed by atoms with E-state index >= 15 is 0 Å². The molecule has 0 aliphatic rings. The average molecular weight is 287 g/mol. The van der Waals surface area contributed by atoms with Crippen LogP contribution in [-0.4, -0.2) is 26.5 Å². The van der Waals surface area contributed by atoms with Crippen LogP contribution in [0.4, 0.5) is 0 Å². The molecule has 0 saturated heterocycles. The molecule has 1 N–H and O–H groups in total. The molecule has 1 unspecified atom stereocenters. The van der Waals surface area contributed by atoms with Gasteiger partial charge in [0.1, 0.15) is 0 Å². The van der Waals surface area contributed by atoms with Crippen molar-refractivity contribution in [3.63, 3.8) is 0 Å². The van der Waals surface area contributed by atoms with E-state index in [1.807, 2.05) is 12.3 Å². The zero-order valence-corrected chi connectivity index (χ0v) is 13.2. The fourth-order valence-electron chi connectivity index (χ4n) is 2.47. The van der Waals surface area contributed by atoms with Gasteiger partial charge in [-0.2, -0.15) is 15.3 Å². The van der Waals surface area contributed by atoms with Crippen LogP contribution in [0.15, 0.2) is 24.5 Å². The van der Waals surface area contributed by atoms with Crippen molar-refractivity contribution in [1.82, 2.24) is 25.3 Å². The van der Waals surface area contributed by atoms with Crippen LogP contribution in [0.1, 0.15) is 50.2 Å². The first-order valence-corrected chi connectivity index (χ1v) is 7.84. The minimum atomic E-state index is 0.257. The maximum Gasteiger partial charge on any atom is 0.0624 e. The van der Waals surface area contributed by atoms with Crippen LogP contribution in [0.5, 0.6) is 0 Å². The Labute approximate surface area is 126 Å². The van der Waals surface area contributed by atoms with Crippen molar-refractivity contribution >= 4 is 0 Å². The molecule has 0 aliphatic carbocycles. The Morgan fingerprint density at radius 1 is 1.24 bits per heavy atom. The van der Waals surface area contributed by atoms with Gasteiger partial charge in [0, 0.05) is 30.9 Å². The van der Waals surface area contributed by atoms with Crippen molar-refractivity contribution in [2.75, 3.05) is 6.54 Å². The summed E-state index contributed by atoms with van der Waals surface area (Å²) in [5.41, 5.74) is 3.62. The number of aromatic nitrogens is 4. The molecule has 0 saturated carbocycles. The maximum atomic E-state index is 4.64. The molecular formula is C16H25N5. The molecule has 5 heteroatoms. The molecule has 0 aliphatic heterocycles. The molecule has 0 bridgehead atoms. The number of hydrogen-bond acceptors (Lipinski definition) is 4. The minimum Gasteiger partial charge on any atom is -0.310 e. The van der Waals surface area contributed by atoms with Gasteiger partial charge in [-0.05, 0) is 44.0 Å². The summed E-state index contributed by atoms with van der Waals surface area (Å²) in [5.74, 6) is 0. The van der Waals surface area contributed by atoms with Gasteiger partial charge in [-0.25, -0.2) is 0 Å². The van der Waals surface area contributed by atoms with Crippen molar-refractivity contribution in [3.05, 3.63) is 41.5 Å². The van der Waals surface area contributed by atoms with Crippen molar-refractivity contribution in [1.29, 1.82) is 0 Å². The molecule has 5 nitrogen and oxygen atoms in total. The second-order valence-electron chi connectivity index (χ2n) is 5.18. The van der Waals surface area contributed by atoms with E-state index in [0.29, 0.717) is 0 Å². The average Bonchev–Trinajstić information content (AvgIpc) is 2.94. The van der Waals surface area contributed by atoms with Crippen molar-refractivity contribution in [2.24, 2.45) is 0 Å². The normalized spacial score (nSPS) is 12.5. The van der Waals surface area contributed by atoms with Gasteiger partial charge in [0.25, 0.3) is 0 Å². The molecular weight excluding hydrogens is 262 g/mol. The van der Waals surface area contributed by atoms with Crippen molar-refractivity contribution in [2.45, 2.75) is 52.6 Å². The molecule has 2 aromatic heterocycles. The summed E-state index contributed by atoms with van der Waals surface area (Å²) >= 11 is 0. The Bertz CT molecular complexity index is 535. The third-order valence-electron chi connectivity index (χ3n) is 3.64. The van der Waals surface area contributed by atoms with Crippen LogP contribution in [0.3, 0.4) is 0 Å². The Balaban J connectivity index is 2.20. The van der Waals surface area contributed by atoms with Gasteiger partial charge in [0.15, 0.2) is 0 Å². The maximum absolute atomic E-state index is 4.64. The van der Waals surface area contributed by atoms with Gasteiger partial charge in [-0.3, -0.25) is 4.68 Å². The van der Waals surface area contributed by atoms with Crippen LogP contribution in [0, 0.1) is 0 Å². The van der Waals surface area contributed by atoms with E-state index in [0.717, 1.165) is 38.0 Å². The largest absolute Gasteiger partial charge is 0.310 e. The van der Waals surface area contributed by atoms with Crippen LogP contribution in [0.25, 0.3) is 0 Å². The highest BCUT2D eigenvalue weighted by molar-refractivity contribution is 5.18. The molecule has 0 aromatic carbocycles. The van der Waals surface area contributed by atoms with E-state index in [-0.39, 0.29) is 6.04 Å². The lowest BCUT2D eigenvalue weighted by Gasteiger charge is -2.18. The summed E-state index contributed by atoms with van der Waals surface area (Å²) in [6, 6.07) is 4.51. The summed E-state index contributed by atoms with van der Waals surface area (Å²) in [6.07, 6.45) is 6.62. The zero-order chi connectivity index (χ0) is 15.1. The quantitative estimate of drug-likeness (QED) is 0.810. The molecule has 0 radical (unpaired) electrons. The fraction of sp³-hybridized carbons (Fsp3) is 0.562. The summed E-state index contributed by atoms with van der Waals surface area (Å²) in [7, 11) is 0. The van der Waals surface area contributed by atoms with E-state index < -0.39 is 0 Å². The highest BCUT2D eigenvalue weighted by atomic mass is 15.3. The summed E-state index contributed by atoms with van der Waals surface area (Å²) in [6.45, 7) is 8.36. The monoisotopic (exact) mass is 287 g/mol. The molecule has 2 aromatic rings. The number of nitrogens with one attached hydrogen (secondary N) is 1. The van der Waals surface area contributed by atoms with Crippen LogP contribution in [0.2, 0.25) is 0 Å². The number of rotatable bonds is 8. The van der Waals surface area contributed by atoms with Crippen LogP contribution in [-0.2, 0) is 19.4 Å². The fourth-order valence-corrected chi connectivity index (χ4v) is 2.47. The number of aryl methyl sites for hydroxylation is 2. The lowest BCUT2D eigenvalue weighted by molar-refractivity contribution is 0.500. The second kappa shape index (κ2) is 7.88. The molecule has 2 heterocycles. The van der Waals surface area contributed by atoms with Crippen LogP contribution < -0.4 is 5.32 Å².